The van der Waals surface area contributed by atoms with Crippen LogP contribution in [-0.4, -0.2) is 35.9 Å². The Morgan fingerprint density at radius 2 is 1.54 bits per heavy atom. The Morgan fingerprint density at radius 3 is 2.16 bits per heavy atom. The van der Waals surface area contributed by atoms with E-state index in [1.807, 2.05) is 68.4 Å². The molecule has 0 aliphatic heterocycles. The molecule has 3 rings (SSSR count). The second-order valence-electron chi connectivity index (χ2n) is 9.97. The van der Waals surface area contributed by atoms with E-state index in [1.54, 1.807) is 18.2 Å². The van der Waals surface area contributed by atoms with Gasteiger partial charge in [0.05, 0.1) is 0 Å². The van der Waals surface area contributed by atoms with E-state index in [4.69, 9.17) is 4.74 Å². The molecular weight excluding hydrogens is 467 g/mol. The van der Waals surface area contributed by atoms with Crippen molar-refractivity contribution in [3.63, 3.8) is 0 Å². The van der Waals surface area contributed by atoms with Crippen molar-refractivity contribution < 1.29 is 18.7 Å². The van der Waals surface area contributed by atoms with Crippen molar-refractivity contribution >= 4 is 11.8 Å². The topological polar surface area (TPSA) is 58.6 Å². The quantitative estimate of drug-likeness (QED) is 0.342. The molecule has 0 radical (unpaired) electrons. The Kier molecular flexibility index (Phi) is 10.2. The number of nitrogens with one attached hydrogen (secondary N) is 1. The number of benzene rings is 3. The first-order valence-corrected chi connectivity index (χ1v) is 12.8. The first-order chi connectivity index (χ1) is 17.7. The maximum absolute atomic E-state index is 14.6. The Bertz CT molecular complexity index is 1150. The highest BCUT2D eigenvalue weighted by Crippen LogP contribution is 2.20. The van der Waals surface area contributed by atoms with Crippen LogP contribution < -0.4 is 10.1 Å². The normalized spacial score (nSPS) is 11.9. The lowest BCUT2D eigenvalue weighted by molar-refractivity contribution is -0.142. The average Bonchev–Trinajstić information content (AvgIpc) is 2.89. The SMILES string of the molecule is CC(C)CNC(=O)[C@H](Cc1ccccc1)N(Cc1ccccc1F)C(=O)COc1ccc(C(C)C)cc1. The summed E-state index contributed by atoms with van der Waals surface area (Å²) in [6.07, 6.45) is 0.300. The highest BCUT2D eigenvalue weighted by atomic mass is 19.1. The third-order valence-electron chi connectivity index (χ3n) is 6.16. The van der Waals surface area contributed by atoms with Crippen molar-refractivity contribution in [2.24, 2.45) is 5.92 Å². The van der Waals surface area contributed by atoms with Gasteiger partial charge in [-0.1, -0.05) is 88.4 Å². The van der Waals surface area contributed by atoms with Crippen LogP contribution in [0.1, 0.15) is 50.3 Å². The molecule has 0 aliphatic rings. The van der Waals surface area contributed by atoms with Crippen LogP contribution in [0.2, 0.25) is 0 Å². The molecular formula is C31H37FN2O3. The van der Waals surface area contributed by atoms with Crippen molar-refractivity contribution in [1.82, 2.24) is 10.2 Å². The number of halogens is 1. The third-order valence-corrected chi connectivity index (χ3v) is 6.16. The van der Waals surface area contributed by atoms with E-state index in [-0.39, 0.29) is 25.0 Å². The summed E-state index contributed by atoms with van der Waals surface area (Å²) in [7, 11) is 0. The van der Waals surface area contributed by atoms with Gasteiger partial charge in [0.2, 0.25) is 5.91 Å². The minimum absolute atomic E-state index is 0.0479. The minimum Gasteiger partial charge on any atom is -0.484 e. The summed E-state index contributed by atoms with van der Waals surface area (Å²) >= 11 is 0. The molecule has 2 amide bonds. The van der Waals surface area contributed by atoms with Gasteiger partial charge in [0.15, 0.2) is 6.61 Å². The van der Waals surface area contributed by atoms with Gasteiger partial charge in [0.25, 0.3) is 5.91 Å². The molecule has 0 heterocycles. The molecule has 0 bridgehead atoms. The maximum atomic E-state index is 14.6. The number of hydrogen-bond donors (Lipinski definition) is 1. The fraction of sp³-hybridized carbons (Fsp3) is 0.355. The molecule has 0 aliphatic carbocycles. The Morgan fingerprint density at radius 1 is 0.892 bits per heavy atom. The van der Waals surface area contributed by atoms with Gasteiger partial charge >= 0.3 is 0 Å². The van der Waals surface area contributed by atoms with Gasteiger partial charge in [-0.25, -0.2) is 4.39 Å². The maximum Gasteiger partial charge on any atom is 0.261 e. The van der Waals surface area contributed by atoms with Gasteiger partial charge in [-0.05, 0) is 41.2 Å². The molecule has 0 spiro atoms. The van der Waals surface area contributed by atoms with Gasteiger partial charge in [0.1, 0.15) is 17.6 Å². The molecule has 37 heavy (non-hydrogen) atoms. The summed E-state index contributed by atoms with van der Waals surface area (Å²) < 4.78 is 20.5. The number of amides is 2. The lowest BCUT2D eigenvalue weighted by atomic mass is 10.0. The van der Waals surface area contributed by atoms with Crippen LogP contribution in [0, 0.1) is 11.7 Å². The van der Waals surface area contributed by atoms with Gasteiger partial charge in [-0.3, -0.25) is 9.59 Å². The van der Waals surface area contributed by atoms with Crippen molar-refractivity contribution in [2.45, 2.75) is 52.6 Å². The lowest BCUT2D eigenvalue weighted by Gasteiger charge is -2.31. The van der Waals surface area contributed by atoms with Gasteiger partial charge in [-0.15, -0.1) is 0 Å². The number of carbonyl (C=O) groups is 2. The molecule has 1 N–H and O–H groups in total. The standard InChI is InChI=1S/C31H37FN2O3/c1-22(2)19-33-31(36)29(18-24-10-6-5-7-11-24)34(20-26-12-8-9-13-28(26)32)30(35)21-37-27-16-14-25(15-17-27)23(3)4/h5-17,22-23,29H,18-21H2,1-4H3,(H,33,36)/t29-/m0/s1. The fourth-order valence-corrected chi connectivity index (χ4v) is 3.96. The Labute approximate surface area is 219 Å². The molecule has 0 aromatic heterocycles. The van der Waals surface area contributed by atoms with Crippen LogP contribution >= 0.6 is 0 Å². The molecule has 5 nitrogen and oxygen atoms in total. The summed E-state index contributed by atoms with van der Waals surface area (Å²) in [4.78, 5) is 28.4. The van der Waals surface area contributed by atoms with Crippen molar-refractivity contribution in [3.05, 3.63) is 101 Å². The Balaban J connectivity index is 1.88. The summed E-state index contributed by atoms with van der Waals surface area (Å²) in [5, 5.41) is 2.96. The molecule has 6 heteroatoms. The van der Waals surface area contributed by atoms with Crippen LogP contribution in [-0.2, 0) is 22.6 Å². The van der Waals surface area contributed by atoms with Gasteiger partial charge in [0, 0.05) is 25.1 Å². The van der Waals surface area contributed by atoms with Crippen LogP contribution in [0.3, 0.4) is 0 Å². The van der Waals surface area contributed by atoms with E-state index in [9.17, 15) is 14.0 Å². The molecule has 0 unspecified atom stereocenters. The van der Waals surface area contributed by atoms with Crippen molar-refractivity contribution in [1.29, 1.82) is 0 Å². The van der Waals surface area contributed by atoms with E-state index in [0.29, 0.717) is 30.2 Å². The molecule has 0 saturated carbocycles. The van der Waals surface area contributed by atoms with E-state index >= 15 is 0 Å². The number of carbonyl (C=O) groups excluding carboxylic acids is 2. The smallest absolute Gasteiger partial charge is 0.261 e. The zero-order chi connectivity index (χ0) is 26.8. The lowest BCUT2D eigenvalue weighted by Crippen LogP contribution is -2.52. The predicted octanol–water partition coefficient (Wildman–Crippen LogP) is 5.74. The van der Waals surface area contributed by atoms with Crippen molar-refractivity contribution in [3.8, 4) is 5.75 Å². The van der Waals surface area contributed by atoms with Crippen LogP contribution in [0.5, 0.6) is 5.75 Å². The first kappa shape index (κ1) is 27.9. The fourth-order valence-electron chi connectivity index (χ4n) is 3.96. The molecule has 1 atom stereocenters. The van der Waals surface area contributed by atoms with E-state index in [0.717, 1.165) is 5.56 Å². The summed E-state index contributed by atoms with van der Waals surface area (Å²) in [6, 6.07) is 22.6. The van der Waals surface area contributed by atoms with E-state index in [2.05, 4.69) is 19.2 Å². The zero-order valence-electron chi connectivity index (χ0n) is 22.1. The Hall–Kier alpha value is -3.67. The molecule has 3 aromatic rings. The first-order valence-electron chi connectivity index (χ1n) is 12.8. The van der Waals surface area contributed by atoms with E-state index in [1.165, 1.54) is 16.5 Å². The van der Waals surface area contributed by atoms with Crippen LogP contribution in [0.4, 0.5) is 4.39 Å². The minimum atomic E-state index is -0.833. The highest BCUT2D eigenvalue weighted by molar-refractivity contribution is 5.88. The van der Waals surface area contributed by atoms with Crippen LogP contribution in [0.15, 0.2) is 78.9 Å². The molecule has 0 fully saturated rings. The second kappa shape index (κ2) is 13.6. The molecule has 0 saturated heterocycles. The summed E-state index contributed by atoms with van der Waals surface area (Å²) in [5.41, 5.74) is 2.42. The molecule has 196 valence electrons. The van der Waals surface area contributed by atoms with E-state index < -0.39 is 17.8 Å². The van der Waals surface area contributed by atoms with Crippen molar-refractivity contribution in [2.75, 3.05) is 13.2 Å². The van der Waals surface area contributed by atoms with Gasteiger partial charge in [-0.2, -0.15) is 0 Å². The highest BCUT2D eigenvalue weighted by Gasteiger charge is 2.31. The zero-order valence-corrected chi connectivity index (χ0v) is 22.1. The van der Waals surface area contributed by atoms with Crippen LogP contribution in [0.25, 0.3) is 0 Å². The molecule has 3 aromatic carbocycles. The third kappa shape index (κ3) is 8.45. The summed E-state index contributed by atoms with van der Waals surface area (Å²) in [6.45, 7) is 8.39. The number of nitrogens with zero attached hydrogens (tertiary/aromatic N) is 1. The number of ether oxygens (including phenoxy) is 1. The monoisotopic (exact) mass is 504 g/mol. The number of rotatable bonds is 12. The number of hydrogen-bond acceptors (Lipinski definition) is 3. The average molecular weight is 505 g/mol. The largest absolute Gasteiger partial charge is 0.484 e. The van der Waals surface area contributed by atoms with Gasteiger partial charge < -0.3 is 15.0 Å². The summed E-state index contributed by atoms with van der Waals surface area (Å²) in [5.74, 6) is 0.101. The second-order valence-corrected chi connectivity index (χ2v) is 9.97. The predicted molar refractivity (Wildman–Crippen MR) is 145 cm³/mol.